The van der Waals surface area contributed by atoms with Crippen molar-refractivity contribution in [1.82, 2.24) is 15.1 Å². The summed E-state index contributed by atoms with van der Waals surface area (Å²) in [5.41, 5.74) is 1.00. The van der Waals surface area contributed by atoms with E-state index in [4.69, 9.17) is 9.47 Å². The first kappa shape index (κ1) is 18.0. The number of hydrogen-bond donors (Lipinski definition) is 0. The van der Waals surface area contributed by atoms with Gasteiger partial charge in [0.1, 0.15) is 16.5 Å². The second-order valence-corrected chi connectivity index (χ2v) is 8.13. The van der Waals surface area contributed by atoms with Crippen LogP contribution in [0.2, 0.25) is 0 Å². The monoisotopic (exact) mass is 379 g/mol. The SMILES string of the molecule is COc1ccc(OC)c([C@@H]2CCCN2C(=O)CSc2nnc(C)s2)c1. The lowest BCUT2D eigenvalue weighted by Crippen LogP contribution is -2.32. The fraction of sp³-hybridized carbons (Fsp3) is 0.471. The van der Waals surface area contributed by atoms with Crippen LogP contribution in [-0.4, -0.2) is 47.5 Å². The van der Waals surface area contributed by atoms with E-state index in [0.29, 0.717) is 5.75 Å². The van der Waals surface area contributed by atoms with Gasteiger partial charge in [0.25, 0.3) is 0 Å². The first-order chi connectivity index (χ1) is 12.1. The minimum Gasteiger partial charge on any atom is -0.497 e. The number of thioether (sulfide) groups is 1. The molecule has 1 aromatic heterocycles. The van der Waals surface area contributed by atoms with Crippen LogP contribution in [-0.2, 0) is 4.79 Å². The molecule has 0 aliphatic carbocycles. The van der Waals surface area contributed by atoms with Gasteiger partial charge in [-0.3, -0.25) is 4.79 Å². The van der Waals surface area contributed by atoms with E-state index >= 15 is 0 Å². The Bertz CT molecular complexity index is 750. The number of likely N-dealkylation sites (tertiary alicyclic amines) is 1. The summed E-state index contributed by atoms with van der Waals surface area (Å²) in [6.45, 7) is 2.68. The summed E-state index contributed by atoms with van der Waals surface area (Å²) in [5.74, 6) is 2.05. The third kappa shape index (κ3) is 4.07. The highest BCUT2D eigenvalue weighted by molar-refractivity contribution is 8.01. The van der Waals surface area contributed by atoms with Crippen LogP contribution < -0.4 is 9.47 Å². The van der Waals surface area contributed by atoms with E-state index in [2.05, 4.69) is 10.2 Å². The lowest BCUT2D eigenvalue weighted by Gasteiger charge is -2.26. The predicted molar refractivity (Wildman–Crippen MR) is 98.6 cm³/mol. The molecule has 1 fully saturated rings. The van der Waals surface area contributed by atoms with Crippen LogP contribution in [0.15, 0.2) is 22.5 Å². The van der Waals surface area contributed by atoms with E-state index in [1.165, 1.54) is 23.1 Å². The van der Waals surface area contributed by atoms with Crippen LogP contribution in [0.1, 0.15) is 29.5 Å². The maximum Gasteiger partial charge on any atom is 0.233 e. The zero-order valence-corrected chi connectivity index (χ0v) is 16.2. The Balaban J connectivity index is 1.74. The van der Waals surface area contributed by atoms with Crippen molar-refractivity contribution in [3.8, 4) is 11.5 Å². The van der Waals surface area contributed by atoms with E-state index in [9.17, 15) is 4.79 Å². The molecule has 134 valence electrons. The molecule has 2 heterocycles. The highest BCUT2D eigenvalue weighted by atomic mass is 32.2. The van der Waals surface area contributed by atoms with Crippen LogP contribution in [0.5, 0.6) is 11.5 Å². The molecule has 0 saturated carbocycles. The van der Waals surface area contributed by atoms with Crippen molar-refractivity contribution in [2.45, 2.75) is 30.1 Å². The highest BCUT2D eigenvalue weighted by Gasteiger charge is 2.32. The lowest BCUT2D eigenvalue weighted by molar-refractivity contribution is -0.129. The average molecular weight is 380 g/mol. The molecule has 1 amide bonds. The van der Waals surface area contributed by atoms with Crippen LogP contribution in [0.3, 0.4) is 0 Å². The molecular formula is C17H21N3O3S2. The molecule has 3 rings (SSSR count). The number of hydrogen-bond acceptors (Lipinski definition) is 7. The molecule has 0 radical (unpaired) electrons. The number of ether oxygens (including phenoxy) is 2. The second kappa shape index (κ2) is 8.05. The molecule has 0 bridgehead atoms. The summed E-state index contributed by atoms with van der Waals surface area (Å²) in [5, 5.41) is 8.97. The number of amides is 1. The molecule has 2 aromatic rings. The van der Waals surface area contributed by atoms with Gasteiger partial charge in [0, 0.05) is 12.1 Å². The Kier molecular flexibility index (Phi) is 5.80. The smallest absolute Gasteiger partial charge is 0.233 e. The van der Waals surface area contributed by atoms with Crippen LogP contribution >= 0.6 is 23.1 Å². The van der Waals surface area contributed by atoms with Gasteiger partial charge >= 0.3 is 0 Å². The average Bonchev–Trinajstić information content (AvgIpc) is 3.28. The molecule has 8 heteroatoms. The predicted octanol–water partition coefficient (Wildman–Crippen LogP) is 3.32. The van der Waals surface area contributed by atoms with E-state index in [1.54, 1.807) is 14.2 Å². The Hall–Kier alpha value is -1.80. The first-order valence-electron chi connectivity index (χ1n) is 8.06. The molecule has 0 spiro atoms. The van der Waals surface area contributed by atoms with Crippen molar-refractivity contribution >= 4 is 29.0 Å². The molecule has 0 unspecified atom stereocenters. The zero-order chi connectivity index (χ0) is 17.8. The topological polar surface area (TPSA) is 64.6 Å². The van der Waals surface area contributed by atoms with Gasteiger partial charge in [0.15, 0.2) is 4.34 Å². The van der Waals surface area contributed by atoms with Gasteiger partial charge in [-0.1, -0.05) is 23.1 Å². The number of nitrogens with zero attached hydrogens (tertiary/aromatic N) is 3. The molecule has 6 nitrogen and oxygen atoms in total. The van der Waals surface area contributed by atoms with E-state index in [-0.39, 0.29) is 11.9 Å². The normalized spacial score (nSPS) is 16.9. The molecule has 1 aliphatic heterocycles. The van der Waals surface area contributed by atoms with Gasteiger partial charge in [-0.2, -0.15) is 0 Å². The maximum absolute atomic E-state index is 12.8. The summed E-state index contributed by atoms with van der Waals surface area (Å²) in [6.07, 6.45) is 1.91. The summed E-state index contributed by atoms with van der Waals surface area (Å²) in [4.78, 5) is 14.7. The third-order valence-electron chi connectivity index (χ3n) is 4.20. The Labute approximate surface area is 155 Å². The summed E-state index contributed by atoms with van der Waals surface area (Å²) in [6, 6.07) is 5.76. The van der Waals surface area contributed by atoms with Gasteiger partial charge in [0.2, 0.25) is 5.91 Å². The minimum absolute atomic E-state index is 0.0225. The fourth-order valence-electron chi connectivity index (χ4n) is 3.03. The van der Waals surface area contributed by atoms with Crippen molar-refractivity contribution in [3.63, 3.8) is 0 Å². The Morgan fingerprint density at radius 2 is 2.20 bits per heavy atom. The largest absolute Gasteiger partial charge is 0.497 e. The fourth-order valence-corrected chi connectivity index (χ4v) is 4.73. The molecule has 1 atom stereocenters. The van der Waals surface area contributed by atoms with Gasteiger partial charge in [0.05, 0.1) is 26.0 Å². The molecule has 1 aromatic carbocycles. The maximum atomic E-state index is 12.8. The molecule has 1 saturated heterocycles. The number of carbonyl (C=O) groups is 1. The molecule has 1 aliphatic rings. The number of methoxy groups -OCH3 is 2. The lowest BCUT2D eigenvalue weighted by atomic mass is 10.0. The van der Waals surface area contributed by atoms with E-state index in [0.717, 1.165) is 45.8 Å². The molecule has 25 heavy (non-hydrogen) atoms. The van der Waals surface area contributed by atoms with Gasteiger partial charge in [-0.15, -0.1) is 10.2 Å². The highest BCUT2D eigenvalue weighted by Crippen LogP contribution is 2.39. The number of benzene rings is 1. The van der Waals surface area contributed by atoms with Gasteiger partial charge < -0.3 is 14.4 Å². The van der Waals surface area contributed by atoms with Gasteiger partial charge in [-0.05, 0) is 38.0 Å². The van der Waals surface area contributed by atoms with Crippen LogP contribution in [0.25, 0.3) is 0 Å². The van der Waals surface area contributed by atoms with Crippen molar-refractivity contribution < 1.29 is 14.3 Å². The summed E-state index contributed by atoms with van der Waals surface area (Å²) < 4.78 is 11.7. The number of carbonyl (C=O) groups excluding carboxylic acids is 1. The standard InChI is InChI=1S/C17H21N3O3S2/c1-11-18-19-17(25-11)24-10-16(21)20-8-4-5-14(20)13-9-12(22-2)6-7-15(13)23-3/h6-7,9,14H,4-5,8,10H2,1-3H3/t14-/m0/s1. The second-order valence-electron chi connectivity index (χ2n) is 5.73. The number of aromatic nitrogens is 2. The number of aryl methyl sites for hydroxylation is 1. The molecular weight excluding hydrogens is 358 g/mol. The first-order valence-corrected chi connectivity index (χ1v) is 9.87. The van der Waals surface area contributed by atoms with Crippen molar-refractivity contribution in [2.24, 2.45) is 0 Å². The molecule has 0 N–H and O–H groups in total. The van der Waals surface area contributed by atoms with Crippen LogP contribution in [0.4, 0.5) is 0 Å². The van der Waals surface area contributed by atoms with Crippen molar-refractivity contribution in [3.05, 3.63) is 28.8 Å². The van der Waals surface area contributed by atoms with Crippen molar-refractivity contribution in [1.29, 1.82) is 0 Å². The zero-order valence-electron chi connectivity index (χ0n) is 14.5. The van der Waals surface area contributed by atoms with E-state index in [1.807, 2.05) is 30.0 Å². The van der Waals surface area contributed by atoms with Gasteiger partial charge in [-0.25, -0.2) is 0 Å². The van der Waals surface area contributed by atoms with E-state index < -0.39 is 0 Å². The van der Waals surface area contributed by atoms with Crippen molar-refractivity contribution in [2.75, 3.05) is 26.5 Å². The Morgan fingerprint density at radius 1 is 1.36 bits per heavy atom. The third-order valence-corrected chi connectivity index (χ3v) is 6.15. The van der Waals surface area contributed by atoms with Crippen LogP contribution in [0, 0.1) is 6.92 Å². The Morgan fingerprint density at radius 3 is 2.88 bits per heavy atom. The minimum atomic E-state index is 0.0225. The summed E-state index contributed by atoms with van der Waals surface area (Å²) in [7, 11) is 3.30. The quantitative estimate of drug-likeness (QED) is 0.718. The summed E-state index contributed by atoms with van der Waals surface area (Å²) >= 11 is 2.96. The number of rotatable bonds is 6.